The lowest BCUT2D eigenvalue weighted by molar-refractivity contribution is 0.102. The average Bonchev–Trinajstić information content (AvgIpc) is 2.87. The van der Waals surface area contributed by atoms with Crippen LogP contribution in [0.25, 0.3) is 0 Å². The van der Waals surface area contributed by atoms with E-state index in [0.717, 1.165) is 39.8 Å². The van der Waals surface area contributed by atoms with Gasteiger partial charge in [0.25, 0.3) is 5.91 Å². The maximum absolute atomic E-state index is 12.6. The standard InChI is InChI=1S/C17H19ClN2O2S/c1-11-10-13(12(2)23-11)17(21)19-15-5-3-4-14(18)16(15)20-6-8-22-9-7-20/h3-5,10H,6-9H2,1-2H3,(H,19,21). The SMILES string of the molecule is Cc1cc(C(=O)Nc2cccc(Cl)c2N2CCOCC2)c(C)s1. The number of morpholine rings is 1. The second-order valence-electron chi connectivity index (χ2n) is 5.52. The molecule has 6 heteroatoms. The highest BCUT2D eigenvalue weighted by Gasteiger charge is 2.20. The molecule has 0 aliphatic carbocycles. The van der Waals surface area contributed by atoms with Crippen molar-refractivity contribution in [2.75, 3.05) is 36.5 Å². The molecule has 2 heterocycles. The molecule has 1 aromatic carbocycles. The number of amides is 1. The number of rotatable bonds is 3. The molecule has 0 unspecified atom stereocenters. The summed E-state index contributed by atoms with van der Waals surface area (Å²) in [4.78, 5) is 16.9. The van der Waals surface area contributed by atoms with Crippen molar-refractivity contribution < 1.29 is 9.53 Å². The van der Waals surface area contributed by atoms with Gasteiger partial charge in [0.2, 0.25) is 0 Å². The molecule has 0 spiro atoms. The molecule has 1 amide bonds. The highest BCUT2D eigenvalue weighted by molar-refractivity contribution is 7.12. The predicted molar refractivity (Wildman–Crippen MR) is 96.2 cm³/mol. The molecule has 4 nitrogen and oxygen atoms in total. The second kappa shape index (κ2) is 6.91. The van der Waals surface area contributed by atoms with Gasteiger partial charge in [-0.1, -0.05) is 17.7 Å². The van der Waals surface area contributed by atoms with Crippen LogP contribution in [-0.2, 0) is 4.74 Å². The van der Waals surface area contributed by atoms with Crippen LogP contribution in [0.1, 0.15) is 20.1 Å². The van der Waals surface area contributed by atoms with E-state index in [1.54, 1.807) is 11.3 Å². The van der Waals surface area contributed by atoms with E-state index in [4.69, 9.17) is 16.3 Å². The molecule has 23 heavy (non-hydrogen) atoms. The minimum absolute atomic E-state index is 0.0939. The predicted octanol–water partition coefficient (Wildman–Crippen LogP) is 4.11. The molecule has 0 saturated carbocycles. The molecular formula is C17H19ClN2O2S. The normalized spacial score (nSPS) is 14.8. The van der Waals surface area contributed by atoms with Crippen LogP contribution >= 0.6 is 22.9 Å². The van der Waals surface area contributed by atoms with Crippen LogP contribution in [0.3, 0.4) is 0 Å². The van der Waals surface area contributed by atoms with Crippen molar-refractivity contribution in [1.82, 2.24) is 0 Å². The molecule has 0 radical (unpaired) electrons. The van der Waals surface area contributed by atoms with Gasteiger partial charge < -0.3 is 15.0 Å². The maximum atomic E-state index is 12.6. The highest BCUT2D eigenvalue weighted by atomic mass is 35.5. The van der Waals surface area contributed by atoms with Gasteiger partial charge in [-0.25, -0.2) is 0 Å². The van der Waals surface area contributed by atoms with Crippen molar-refractivity contribution in [3.8, 4) is 0 Å². The minimum Gasteiger partial charge on any atom is -0.378 e. The fraction of sp³-hybridized carbons (Fsp3) is 0.353. The summed E-state index contributed by atoms with van der Waals surface area (Å²) in [5, 5.41) is 3.66. The Morgan fingerprint density at radius 3 is 2.70 bits per heavy atom. The number of benzene rings is 1. The first-order valence-corrected chi connectivity index (χ1v) is 8.75. The van der Waals surface area contributed by atoms with E-state index >= 15 is 0 Å². The molecule has 1 N–H and O–H groups in total. The van der Waals surface area contributed by atoms with E-state index in [1.165, 1.54) is 0 Å². The van der Waals surface area contributed by atoms with Crippen molar-refractivity contribution >= 4 is 40.2 Å². The van der Waals surface area contributed by atoms with Gasteiger partial charge in [0.15, 0.2) is 0 Å². The molecule has 0 bridgehead atoms. The van der Waals surface area contributed by atoms with Crippen LogP contribution < -0.4 is 10.2 Å². The summed E-state index contributed by atoms with van der Waals surface area (Å²) in [7, 11) is 0. The van der Waals surface area contributed by atoms with E-state index in [1.807, 2.05) is 38.1 Å². The summed E-state index contributed by atoms with van der Waals surface area (Å²) in [5.41, 5.74) is 2.34. The van der Waals surface area contributed by atoms with Gasteiger partial charge in [0.05, 0.1) is 35.2 Å². The third kappa shape index (κ3) is 3.52. The Kier molecular flexibility index (Phi) is 4.90. The van der Waals surface area contributed by atoms with E-state index in [-0.39, 0.29) is 5.91 Å². The number of nitrogens with zero attached hydrogens (tertiary/aromatic N) is 1. The van der Waals surface area contributed by atoms with Crippen molar-refractivity contribution in [2.24, 2.45) is 0 Å². The number of ether oxygens (including phenoxy) is 1. The Hall–Kier alpha value is -1.56. The molecular weight excluding hydrogens is 332 g/mol. The Morgan fingerprint density at radius 2 is 2.04 bits per heavy atom. The third-order valence-corrected chi connectivity index (χ3v) is 5.12. The third-order valence-electron chi connectivity index (χ3n) is 3.85. The summed E-state index contributed by atoms with van der Waals surface area (Å²) in [6, 6.07) is 7.52. The number of halogens is 1. The largest absolute Gasteiger partial charge is 0.378 e. The van der Waals surface area contributed by atoms with E-state index in [2.05, 4.69) is 10.2 Å². The molecule has 1 aromatic heterocycles. The van der Waals surface area contributed by atoms with E-state index < -0.39 is 0 Å². The summed E-state index contributed by atoms with van der Waals surface area (Å²) >= 11 is 8.03. The highest BCUT2D eigenvalue weighted by Crippen LogP contribution is 2.35. The zero-order chi connectivity index (χ0) is 16.4. The van der Waals surface area contributed by atoms with Gasteiger partial charge in [-0.05, 0) is 32.0 Å². The number of anilines is 2. The van der Waals surface area contributed by atoms with Crippen LogP contribution in [0.5, 0.6) is 0 Å². The lowest BCUT2D eigenvalue weighted by Gasteiger charge is -2.31. The molecule has 2 aromatic rings. The van der Waals surface area contributed by atoms with Crippen molar-refractivity contribution in [2.45, 2.75) is 13.8 Å². The fourth-order valence-electron chi connectivity index (χ4n) is 2.77. The Labute approximate surface area is 145 Å². The van der Waals surface area contributed by atoms with Crippen LogP contribution in [-0.4, -0.2) is 32.2 Å². The summed E-state index contributed by atoms with van der Waals surface area (Å²) in [5.74, 6) is -0.0939. The Morgan fingerprint density at radius 1 is 1.30 bits per heavy atom. The molecule has 0 atom stereocenters. The number of carbonyl (C=O) groups excluding carboxylic acids is 1. The smallest absolute Gasteiger partial charge is 0.256 e. The molecule has 1 aliphatic rings. The van der Waals surface area contributed by atoms with Gasteiger partial charge in [0.1, 0.15) is 0 Å². The first kappa shape index (κ1) is 16.3. The van der Waals surface area contributed by atoms with Gasteiger partial charge in [-0.3, -0.25) is 4.79 Å². The molecule has 1 fully saturated rings. The molecule has 1 aliphatic heterocycles. The lowest BCUT2D eigenvalue weighted by Crippen LogP contribution is -2.37. The zero-order valence-electron chi connectivity index (χ0n) is 13.2. The first-order chi connectivity index (χ1) is 11.1. The van der Waals surface area contributed by atoms with Crippen molar-refractivity contribution in [3.63, 3.8) is 0 Å². The van der Waals surface area contributed by atoms with Crippen LogP contribution in [0.15, 0.2) is 24.3 Å². The van der Waals surface area contributed by atoms with E-state index in [0.29, 0.717) is 18.2 Å². The maximum Gasteiger partial charge on any atom is 0.256 e. The average molecular weight is 351 g/mol. The van der Waals surface area contributed by atoms with Gasteiger partial charge in [-0.15, -0.1) is 11.3 Å². The lowest BCUT2D eigenvalue weighted by atomic mass is 10.2. The number of nitrogens with one attached hydrogen (secondary N) is 1. The second-order valence-corrected chi connectivity index (χ2v) is 7.38. The van der Waals surface area contributed by atoms with Gasteiger partial charge >= 0.3 is 0 Å². The molecule has 1 saturated heterocycles. The Bertz CT molecular complexity index is 723. The van der Waals surface area contributed by atoms with Crippen LogP contribution in [0.4, 0.5) is 11.4 Å². The number of aryl methyl sites for hydroxylation is 2. The monoisotopic (exact) mass is 350 g/mol. The van der Waals surface area contributed by atoms with Gasteiger partial charge in [0, 0.05) is 22.8 Å². The number of hydrogen-bond donors (Lipinski definition) is 1. The van der Waals surface area contributed by atoms with E-state index in [9.17, 15) is 4.79 Å². The number of hydrogen-bond acceptors (Lipinski definition) is 4. The minimum atomic E-state index is -0.0939. The summed E-state index contributed by atoms with van der Waals surface area (Å²) in [6.07, 6.45) is 0. The van der Waals surface area contributed by atoms with Crippen molar-refractivity contribution in [1.29, 1.82) is 0 Å². The number of thiophene rings is 1. The zero-order valence-corrected chi connectivity index (χ0v) is 14.8. The Balaban J connectivity index is 1.89. The first-order valence-electron chi connectivity index (χ1n) is 7.56. The molecule has 3 rings (SSSR count). The quantitative estimate of drug-likeness (QED) is 0.905. The molecule has 122 valence electrons. The summed E-state index contributed by atoms with van der Waals surface area (Å²) in [6.45, 7) is 6.84. The van der Waals surface area contributed by atoms with Gasteiger partial charge in [-0.2, -0.15) is 0 Å². The fourth-order valence-corrected chi connectivity index (χ4v) is 3.99. The van der Waals surface area contributed by atoms with Crippen LogP contribution in [0.2, 0.25) is 5.02 Å². The topological polar surface area (TPSA) is 41.6 Å². The van der Waals surface area contributed by atoms with Crippen LogP contribution in [0, 0.1) is 13.8 Å². The number of carbonyl (C=O) groups is 1. The number of para-hydroxylation sites is 1. The summed E-state index contributed by atoms with van der Waals surface area (Å²) < 4.78 is 5.40. The van der Waals surface area contributed by atoms with Crippen molar-refractivity contribution in [3.05, 3.63) is 44.6 Å².